The number of carbonyl (C=O) groups is 1. The van der Waals surface area contributed by atoms with E-state index in [0.29, 0.717) is 11.6 Å². The Kier molecular flexibility index (Phi) is 5.55. The van der Waals surface area contributed by atoms with E-state index in [2.05, 4.69) is 31.6 Å². The summed E-state index contributed by atoms with van der Waals surface area (Å²) in [6.07, 6.45) is 2.72. The van der Waals surface area contributed by atoms with Crippen LogP contribution in [0.25, 0.3) is 0 Å². The summed E-state index contributed by atoms with van der Waals surface area (Å²) in [5.41, 5.74) is 11.2. The summed E-state index contributed by atoms with van der Waals surface area (Å²) in [5.74, 6) is 0.342. The molecule has 2 radical (unpaired) electrons. The van der Waals surface area contributed by atoms with Gasteiger partial charge in [0.25, 0.3) is 5.91 Å². The molecule has 0 aliphatic carbocycles. The number of nitrogens with one attached hydrogen (secondary N) is 1. The monoisotopic (exact) mass is 273 g/mol. The molecule has 0 aliphatic heterocycles. The van der Waals surface area contributed by atoms with Crippen molar-refractivity contribution in [3.63, 3.8) is 0 Å². The Bertz CT molecular complexity index is 525. The minimum absolute atomic E-state index is 0.00982. The van der Waals surface area contributed by atoms with E-state index >= 15 is 0 Å². The molecular formula is C12H16AlN5O. The van der Waals surface area contributed by atoms with Gasteiger partial charge in [0.1, 0.15) is 17.3 Å². The molecule has 0 aliphatic rings. The fourth-order valence-corrected chi connectivity index (χ4v) is 1.44. The maximum atomic E-state index is 12.0. The van der Waals surface area contributed by atoms with Crippen molar-refractivity contribution in [1.29, 1.82) is 0 Å². The van der Waals surface area contributed by atoms with Gasteiger partial charge in [-0.3, -0.25) is 9.79 Å². The molecule has 98 valence electrons. The van der Waals surface area contributed by atoms with E-state index in [1.807, 2.05) is 13.8 Å². The van der Waals surface area contributed by atoms with Crippen molar-refractivity contribution in [2.45, 2.75) is 19.9 Å². The summed E-state index contributed by atoms with van der Waals surface area (Å²) < 4.78 is 0.774. The Labute approximate surface area is 120 Å². The minimum Gasteiger partial charge on any atom is -0.405 e. The summed E-state index contributed by atoms with van der Waals surface area (Å²) in [7, 11) is 0. The number of amides is 1. The van der Waals surface area contributed by atoms with Crippen LogP contribution in [0.4, 0.5) is 11.6 Å². The first-order chi connectivity index (χ1) is 8.93. The zero-order valence-electron chi connectivity index (χ0n) is 10.9. The van der Waals surface area contributed by atoms with Crippen LogP contribution >= 0.6 is 0 Å². The van der Waals surface area contributed by atoms with Crippen molar-refractivity contribution in [2.75, 3.05) is 11.1 Å². The predicted molar refractivity (Wildman–Crippen MR) is 78.6 cm³/mol. The van der Waals surface area contributed by atoms with Gasteiger partial charge in [-0.2, -0.15) is 0 Å². The molecule has 0 saturated carbocycles. The highest BCUT2D eigenvalue weighted by atomic mass is 27.0. The number of rotatable bonds is 4. The standard InChI is InChI=1S/C12H16N5O.Al/c1-8(2)15-9(6-7-13)12(18)17-11-5-3-4-10(14)16-11;/h3,5-8H,13H2,1-2H3,(H3,14,16,17,18);/b7-6-,15-9?;. The van der Waals surface area contributed by atoms with Crippen LogP contribution in [-0.4, -0.2) is 38.9 Å². The first-order valence-electron chi connectivity index (χ1n) is 5.73. The Balaban J connectivity index is 2.90. The molecule has 6 nitrogen and oxygen atoms in total. The van der Waals surface area contributed by atoms with E-state index in [1.165, 1.54) is 12.3 Å². The fourth-order valence-electron chi connectivity index (χ4n) is 1.28. The lowest BCUT2D eigenvalue weighted by atomic mass is 10.3. The van der Waals surface area contributed by atoms with Gasteiger partial charge in [-0.1, -0.05) is 10.5 Å². The molecule has 1 rings (SSSR count). The van der Waals surface area contributed by atoms with Crippen LogP contribution in [0, 0.1) is 0 Å². The molecule has 1 heterocycles. The van der Waals surface area contributed by atoms with Gasteiger partial charge < -0.3 is 16.8 Å². The average molecular weight is 273 g/mol. The molecule has 0 unspecified atom stereocenters. The van der Waals surface area contributed by atoms with Gasteiger partial charge in [0, 0.05) is 6.04 Å². The number of aromatic nitrogens is 1. The minimum atomic E-state index is -0.376. The third-order valence-electron chi connectivity index (χ3n) is 2.08. The lowest BCUT2D eigenvalue weighted by Gasteiger charge is -2.08. The van der Waals surface area contributed by atoms with Crippen LogP contribution in [0.5, 0.6) is 0 Å². The predicted octanol–water partition coefficient (Wildman–Crippen LogP) is -0.282. The van der Waals surface area contributed by atoms with Gasteiger partial charge in [0.2, 0.25) is 0 Å². The first-order valence-corrected chi connectivity index (χ1v) is 6.31. The number of nitrogen functional groups attached to an aromatic ring is 1. The van der Waals surface area contributed by atoms with Crippen LogP contribution in [0.2, 0.25) is 0 Å². The number of aliphatic imine (C=N–C) groups is 1. The fraction of sp³-hybridized carbons (Fsp3) is 0.250. The number of anilines is 2. The number of hydrogen-bond acceptors (Lipinski definition) is 5. The molecule has 5 N–H and O–H groups in total. The molecule has 0 saturated heterocycles. The summed E-state index contributed by atoms with van der Waals surface area (Å²) in [6, 6.07) is 3.40. The van der Waals surface area contributed by atoms with Gasteiger partial charge in [-0.25, -0.2) is 4.98 Å². The third-order valence-corrected chi connectivity index (χ3v) is 2.57. The number of carbonyl (C=O) groups excluding carboxylic acids is 1. The summed E-state index contributed by atoms with van der Waals surface area (Å²) >= 11 is 2.46. The topological polar surface area (TPSA) is 106 Å². The van der Waals surface area contributed by atoms with E-state index < -0.39 is 0 Å². The molecular weight excluding hydrogens is 257 g/mol. The number of nitrogens with zero attached hydrogens (tertiary/aromatic N) is 2. The summed E-state index contributed by atoms with van der Waals surface area (Å²) in [4.78, 5) is 20.2. The maximum Gasteiger partial charge on any atom is 0.275 e. The largest absolute Gasteiger partial charge is 0.405 e. The number of nitrogens with two attached hydrogens (primary N) is 2. The molecule has 0 bridgehead atoms. The van der Waals surface area contributed by atoms with Crippen molar-refractivity contribution < 1.29 is 4.79 Å². The molecule has 0 aromatic carbocycles. The Morgan fingerprint density at radius 1 is 1.53 bits per heavy atom. The van der Waals surface area contributed by atoms with Gasteiger partial charge in [-0.05, 0) is 32.2 Å². The molecule has 1 aromatic rings. The second kappa shape index (κ2) is 6.93. The second-order valence-electron chi connectivity index (χ2n) is 4.09. The molecule has 7 heteroatoms. The van der Waals surface area contributed by atoms with E-state index in [1.54, 1.807) is 12.1 Å². The summed E-state index contributed by atoms with van der Waals surface area (Å²) in [5, 5.41) is 2.62. The van der Waals surface area contributed by atoms with Crippen molar-refractivity contribution in [3.8, 4) is 0 Å². The second-order valence-corrected chi connectivity index (χ2v) is 4.71. The highest BCUT2D eigenvalue weighted by Crippen LogP contribution is 2.04. The normalized spacial score (nSPS) is 12.1. The molecule has 0 fully saturated rings. The SMILES string of the molecule is CC(C)N=C(/C=C\N)C(=O)Nc1cc[c]([Al])c(N)n1. The average Bonchev–Trinajstić information content (AvgIpc) is 2.33. The van der Waals surface area contributed by atoms with Crippen molar-refractivity contribution in [3.05, 3.63) is 24.4 Å². The molecule has 0 atom stereocenters. The van der Waals surface area contributed by atoms with E-state index in [9.17, 15) is 4.79 Å². The Morgan fingerprint density at radius 3 is 2.74 bits per heavy atom. The van der Waals surface area contributed by atoms with E-state index in [0.717, 1.165) is 4.43 Å². The lowest BCUT2D eigenvalue weighted by molar-refractivity contribution is -0.110. The maximum absolute atomic E-state index is 12.0. The van der Waals surface area contributed by atoms with Crippen LogP contribution in [0.15, 0.2) is 29.4 Å². The number of hydrogen-bond donors (Lipinski definition) is 3. The lowest BCUT2D eigenvalue weighted by Crippen LogP contribution is -2.24. The molecule has 0 spiro atoms. The van der Waals surface area contributed by atoms with Gasteiger partial charge >= 0.3 is 0 Å². The highest BCUT2D eigenvalue weighted by Gasteiger charge is 2.10. The Hall–Kier alpha value is -1.84. The first kappa shape index (κ1) is 15.2. The molecule has 1 amide bonds. The molecule has 1 aromatic heterocycles. The van der Waals surface area contributed by atoms with Gasteiger partial charge in [0.15, 0.2) is 16.3 Å². The van der Waals surface area contributed by atoms with Crippen LogP contribution in [0.3, 0.4) is 0 Å². The van der Waals surface area contributed by atoms with Crippen molar-refractivity contribution >= 4 is 44.0 Å². The van der Waals surface area contributed by atoms with Crippen molar-refractivity contribution in [1.82, 2.24) is 4.98 Å². The summed E-state index contributed by atoms with van der Waals surface area (Å²) in [6.45, 7) is 3.74. The van der Waals surface area contributed by atoms with Gasteiger partial charge in [0.05, 0.1) is 0 Å². The highest BCUT2D eigenvalue weighted by molar-refractivity contribution is 6.47. The van der Waals surface area contributed by atoms with E-state index in [-0.39, 0.29) is 17.7 Å². The van der Waals surface area contributed by atoms with Crippen LogP contribution < -0.4 is 21.2 Å². The zero-order valence-corrected chi connectivity index (χ0v) is 12.1. The zero-order chi connectivity index (χ0) is 14.4. The van der Waals surface area contributed by atoms with Crippen molar-refractivity contribution in [2.24, 2.45) is 10.7 Å². The van der Waals surface area contributed by atoms with Gasteiger partial charge in [-0.15, -0.1) is 0 Å². The number of pyridine rings is 1. The molecule has 19 heavy (non-hydrogen) atoms. The third kappa shape index (κ3) is 4.74. The van der Waals surface area contributed by atoms with Crippen LogP contribution in [-0.2, 0) is 4.79 Å². The quantitative estimate of drug-likeness (QED) is 0.518. The Morgan fingerprint density at radius 2 is 2.21 bits per heavy atom. The van der Waals surface area contributed by atoms with Crippen LogP contribution in [0.1, 0.15) is 13.8 Å². The van der Waals surface area contributed by atoms with E-state index in [4.69, 9.17) is 11.5 Å². The smallest absolute Gasteiger partial charge is 0.275 e.